The molecule has 36 heavy (non-hydrogen) atoms. The number of aromatic nitrogens is 4. The maximum Gasteiger partial charge on any atom is 0.172 e. The van der Waals surface area contributed by atoms with Gasteiger partial charge in [-0.25, -0.2) is 0 Å². The van der Waals surface area contributed by atoms with Crippen molar-refractivity contribution in [2.75, 3.05) is 37.6 Å². The molecule has 3 aromatic heterocycles. The summed E-state index contributed by atoms with van der Waals surface area (Å²) in [5, 5.41) is 24.0. The molecule has 8 nitrogen and oxygen atoms in total. The number of nitrogens with zero attached hydrogens (tertiary/aromatic N) is 5. The molecule has 5 rings (SSSR count). The number of aryl methyl sites for hydroxylation is 1. The van der Waals surface area contributed by atoms with Crippen molar-refractivity contribution in [1.82, 2.24) is 25.2 Å². The molecule has 0 aliphatic carbocycles. The Morgan fingerprint density at radius 1 is 1.11 bits per heavy atom. The molecule has 0 bridgehead atoms. The number of aromatic amines is 1. The van der Waals surface area contributed by atoms with E-state index in [1.807, 2.05) is 18.2 Å². The first-order chi connectivity index (χ1) is 17.4. The van der Waals surface area contributed by atoms with Crippen molar-refractivity contribution < 1.29 is 9.63 Å². The number of phenols is 1. The SMILES string of the molecule is C=C(CCc1cc2cc(-c3ccccc3O)nnc2[nH]1)CN1CCN(c2cc(CC(C)C)on2)CC1. The first kappa shape index (κ1) is 24.1. The molecule has 8 heteroatoms. The van der Waals surface area contributed by atoms with Crippen molar-refractivity contribution >= 4 is 16.9 Å². The van der Waals surface area contributed by atoms with Crippen LogP contribution in [0.5, 0.6) is 5.75 Å². The number of anilines is 1. The van der Waals surface area contributed by atoms with Gasteiger partial charge in [0.2, 0.25) is 0 Å². The van der Waals surface area contributed by atoms with Crippen LogP contribution in [0.3, 0.4) is 0 Å². The molecular weight excluding hydrogens is 452 g/mol. The molecule has 1 fully saturated rings. The Balaban J connectivity index is 1.11. The van der Waals surface area contributed by atoms with E-state index in [2.05, 4.69) is 62.7 Å². The van der Waals surface area contributed by atoms with Gasteiger partial charge in [0.15, 0.2) is 11.5 Å². The number of benzene rings is 1. The van der Waals surface area contributed by atoms with Crippen molar-refractivity contribution in [2.45, 2.75) is 33.1 Å². The standard InChI is InChI=1S/C28H34N6O2/c1-19(2)14-23-17-27(32-36-23)34-12-10-33(11-13-34)18-20(3)8-9-22-15-21-16-25(30-31-28(21)29-22)24-6-4-5-7-26(24)35/h4-7,15-17,19,35H,3,8-14,18H2,1-2H3,(H,29,31). The van der Waals surface area contributed by atoms with Crippen LogP contribution < -0.4 is 4.90 Å². The minimum atomic E-state index is 0.205. The molecule has 1 aliphatic rings. The van der Waals surface area contributed by atoms with E-state index in [9.17, 15) is 5.11 Å². The lowest BCUT2D eigenvalue weighted by molar-refractivity contribution is 0.274. The Morgan fingerprint density at radius 3 is 2.69 bits per heavy atom. The fourth-order valence-electron chi connectivity index (χ4n) is 4.74. The maximum absolute atomic E-state index is 10.1. The van der Waals surface area contributed by atoms with E-state index in [-0.39, 0.29) is 5.75 Å². The number of H-pyrrole nitrogens is 1. The lowest BCUT2D eigenvalue weighted by atomic mass is 10.1. The molecule has 0 saturated carbocycles. The van der Waals surface area contributed by atoms with E-state index >= 15 is 0 Å². The summed E-state index contributed by atoms with van der Waals surface area (Å²) >= 11 is 0. The van der Waals surface area contributed by atoms with E-state index in [4.69, 9.17) is 4.52 Å². The second-order valence-electron chi connectivity index (χ2n) is 10.1. The average molecular weight is 487 g/mol. The van der Waals surface area contributed by atoms with Gasteiger partial charge in [0, 0.05) is 61.9 Å². The second-order valence-corrected chi connectivity index (χ2v) is 10.1. The Kier molecular flexibility index (Phi) is 7.04. The highest BCUT2D eigenvalue weighted by molar-refractivity contribution is 5.81. The van der Waals surface area contributed by atoms with Gasteiger partial charge in [0.05, 0.1) is 5.69 Å². The van der Waals surface area contributed by atoms with E-state index in [0.29, 0.717) is 17.2 Å². The predicted octanol–water partition coefficient (Wildman–Crippen LogP) is 4.83. The predicted molar refractivity (Wildman–Crippen MR) is 142 cm³/mol. The molecule has 1 saturated heterocycles. The van der Waals surface area contributed by atoms with Gasteiger partial charge in [0.25, 0.3) is 0 Å². The van der Waals surface area contributed by atoms with Crippen LogP contribution in [0.1, 0.15) is 31.7 Å². The fraction of sp³-hybridized carbons (Fsp3) is 0.393. The van der Waals surface area contributed by atoms with E-state index in [1.54, 1.807) is 12.1 Å². The summed E-state index contributed by atoms with van der Waals surface area (Å²) in [5.74, 6) is 2.69. The number of hydrogen-bond acceptors (Lipinski definition) is 7. The van der Waals surface area contributed by atoms with E-state index in [1.165, 1.54) is 5.57 Å². The van der Waals surface area contributed by atoms with Gasteiger partial charge < -0.3 is 19.5 Å². The molecule has 0 unspecified atom stereocenters. The number of hydrogen-bond donors (Lipinski definition) is 2. The second kappa shape index (κ2) is 10.5. The monoisotopic (exact) mass is 486 g/mol. The van der Waals surface area contributed by atoms with Crippen LogP contribution in [-0.2, 0) is 12.8 Å². The van der Waals surface area contributed by atoms with Crippen LogP contribution in [0.15, 0.2) is 59.1 Å². The summed E-state index contributed by atoms with van der Waals surface area (Å²) in [5.41, 5.74) is 4.45. The number of piperazine rings is 1. The lowest BCUT2D eigenvalue weighted by Crippen LogP contribution is -2.47. The van der Waals surface area contributed by atoms with Crippen molar-refractivity contribution in [3.63, 3.8) is 0 Å². The topological polar surface area (TPSA) is 94.3 Å². The van der Waals surface area contributed by atoms with Crippen molar-refractivity contribution in [3.8, 4) is 17.0 Å². The molecular formula is C28H34N6O2. The number of rotatable bonds is 9. The summed E-state index contributed by atoms with van der Waals surface area (Å²) < 4.78 is 5.51. The largest absolute Gasteiger partial charge is 0.507 e. The number of aromatic hydroxyl groups is 1. The summed E-state index contributed by atoms with van der Waals surface area (Å²) in [7, 11) is 0. The van der Waals surface area contributed by atoms with Gasteiger partial charge in [-0.3, -0.25) is 4.90 Å². The number of phenolic OH excluding ortho intramolecular Hbond substituents is 1. The van der Waals surface area contributed by atoms with Gasteiger partial charge in [0.1, 0.15) is 11.5 Å². The van der Waals surface area contributed by atoms with Gasteiger partial charge in [-0.2, -0.15) is 0 Å². The summed E-state index contributed by atoms with van der Waals surface area (Å²) in [6, 6.07) is 13.4. The molecule has 0 atom stereocenters. The van der Waals surface area contributed by atoms with Gasteiger partial charge in [-0.05, 0) is 43.0 Å². The lowest BCUT2D eigenvalue weighted by Gasteiger charge is -2.34. The zero-order chi connectivity index (χ0) is 25.1. The van der Waals surface area contributed by atoms with Crippen LogP contribution >= 0.6 is 0 Å². The minimum Gasteiger partial charge on any atom is -0.507 e. The first-order valence-corrected chi connectivity index (χ1v) is 12.7. The molecule has 1 aliphatic heterocycles. The fourth-order valence-corrected chi connectivity index (χ4v) is 4.74. The molecule has 0 spiro atoms. The summed E-state index contributed by atoms with van der Waals surface area (Å²) in [4.78, 5) is 8.14. The van der Waals surface area contributed by atoms with Crippen LogP contribution in [0.2, 0.25) is 0 Å². The van der Waals surface area contributed by atoms with Crippen molar-refractivity contribution in [1.29, 1.82) is 0 Å². The van der Waals surface area contributed by atoms with Crippen LogP contribution in [0.25, 0.3) is 22.3 Å². The normalized spacial score (nSPS) is 14.7. The number of fused-ring (bicyclic) bond motifs is 1. The Hall–Kier alpha value is -3.65. The smallest absolute Gasteiger partial charge is 0.172 e. The van der Waals surface area contributed by atoms with Crippen LogP contribution in [-0.4, -0.2) is 63.1 Å². The minimum absolute atomic E-state index is 0.205. The Bertz CT molecular complexity index is 1330. The van der Waals surface area contributed by atoms with E-state index in [0.717, 1.165) is 80.3 Å². The van der Waals surface area contributed by atoms with Gasteiger partial charge in [-0.1, -0.05) is 43.3 Å². The van der Waals surface area contributed by atoms with E-state index < -0.39 is 0 Å². The summed E-state index contributed by atoms with van der Waals surface area (Å²) in [6.07, 6.45) is 2.71. The molecule has 4 heterocycles. The molecule has 1 aromatic carbocycles. The zero-order valence-electron chi connectivity index (χ0n) is 21.1. The Labute approximate surface area is 211 Å². The molecule has 0 amide bonds. The third-order valence-corrected chi connectivity index (χ3v) is 6.66. The molecule has 188 valence electrons. The first-order valence-electron chi connectivity index (χ1n) is 12.7. The quantitative estimate of drug-likeness (QED) is 0.327. The maximum atomic E-state index is 10.1. The highest BCUT2D eigenvalue weighted by atomic mass is 16.5. The van der Waals surface area contributed by atoms with Crippen LogP contribution in [0, 0.1) is 5.92 Å². The number of nitrogens with one attached hydrogen (secondary N) is 1. The molecule has 4 aromatic rings. The highest BCUT2D eigenvalue weighted by Crippen LogP contribution is 2.28. The Morgan fingerprint density at radius 2 is 1.92 bits per heavy atom. The van der Waals surface area contributed by atoms with Crippen molar-refractivity contribution in [2.24, 2.45) is 5.92 Å². The highest BCUT2D eigenvalue weighted by Gasteiger charge is 2.20. The van der Waals surface area contributed by atoms with Crippen molar-refractivity contribution in [3.05, 3.63) is 66.1 Å². The summed E-state index contributed by atoms with van der Waals surface area (Å²) in [6.45, 7) is 13.5. The third kappa shape index (κ3) is 5.60. The molecule has 0 radical (unpaired) electrons. The van der Waals surface area contributed by atoms with Crippen LogP contribution in [0.4, 0.5) is 5.82 Å². The third-order valence-electron chi connectivity index (χ3n) is 6.66. The van der Waals surface area contributed by atoms with Gasteiger partial charge >= 0.3 is 0 Å². The average Bonchev–Trinajstić information content (AvgIpc) is 3.49. The van der Waals surface area contributed by atoms with Gasteiger partial charge in [-0.15, -0.1) is 10.2 Å². The zero-order valence-corrected chi connectivity index (χ0v) is 21.1. The molecule has 2 N–H and O–H groups in total. The number of para-hydroxylation sites is 1.